The third-order valence-corrected chi connectivity index (χ3v) is 3.21. The molecule has 0 amide bonds. The maximum absolute atomic E-state index is 13.8. The van der Waals surface area contributed by atoms with Gasteiger partial charge in [-0.2, -0.15) is 5.10 Å². The van der Waals surface area contributed by atoms with Crippen molar-refractivity contribution in [3.63, 3.8) is 0 Å². The van der Waals surface area contributed by atoms with Crippen molar-refractivity contribution in [2.24, 2.45) is 10.9 Å². The van der Waals surface area contributed by atoms with Gasteiger partial charge in [0.05, 0.1) is 16.9 Å². The zero-order valence-corrected chi connectivity index (χ0v) is 10.1. The number of rotatable bonds is 3. The van der Waals surface area contributed by atoms with Crippen molar-refractivity contribution in [1.82, 2.24) is 9.78 Å². The summed E-state index contributed by atoms with van der Waals surface area (Å²) in [5, 5.41) is 16.0. The van der Waals surface area contributed by atoms with Gasteiger partial charge in [-0.15, -0.1) is 0 Å². The van der Waals surface area contributed by atoms with Crippen LogP contribution in [0.4, 0.5) is 4.39 Å². The molecule has 0 radical (unpaired) electrons. The molecule has 0 unspecified atom stereocenters. The van der Waals surface area contributed by atoms with Crippen LogP contribution >= 0.6 is 0 Å². The van der Waals surface area contributed by atoms with Gasteiger partial charge in [-0.1, -0.05) is 11.2 Å². The Bertz CT molecular complexity index is 646. The Hall–Kier alpha value is -2.37. The minimum absolute atomic E-state index is 0.0513. The molecule has 3 rings (SSSR count). The number of aromatic nitrogens is 2. The van der Waals surface area contributed by atoms with E-state index in [2.05, 4.69) is 10.3 Å². The quantitative estimate of drug-likeness (QED) is 0.383. The largest absolute Gasteiger partial charge is 0.409 e. The maximum atomic E-state index is 13.8. The molecule has 98 valence electrons. The Kier molecular flexibility index (Phi) is 2.70. The molecular weight excluding hydrogens is 247 g/mol. The lowest BCUT2D eigenvalue weighted by molar-refractivity contribution is 0.318. The van der Waals surface area contributed by atoms with Gasteiger partial charge in [-0.3, -0.25) is 0 Å². The van der Waals surface area contributed by atoms with Crippen LogP contribution in [-0.4, -0.2) is 20.8 Å². The van der Waals surface area contributed by atoms with Gasteiger partial charge in [0.2, 0.25) is 0 Å². The van der Waals surface area contributed by atoms with Crippen molar-refractivity contribution in [2.75, 3.05) is 0 Å². The highest BCUT2D eigenvalue weighted by Crippen LogP contribution is 2.39. The summed E-state index contributed by atoms with van der Waals surface area (Å²) in [4.78, 5) is 0. The topological polar surface area (TPSA) is 76.4 Å². The van der Waals surface area contributed by atoms with E-state index in [0.717, 1.165) is 18.5 Å². The van der Waals surface area contributed by atoms with E-state index in [-0.39, 0.29) is 11.4 Å². The van der Waals surface area contributed by atoms with Crippen molar-refractivity contribution in [1.29, 1.82) is 0 Å². The molecule has 19 heavy (non-hydrogen) atoms. The molecule has 2 aromatic rings. The fourth-order valence-corrected chi connectivity index (χ4v) is 2.08. The van der Waals surface area contributed by atoms with E-state index in [1.807, 2.05) is 6.07 Å². The summed E-state index contributed by atoms with van der Waals surface area (Å²) >= 11 is 0. The second-order valence-electron chi connectivity index (χ2n) is 4.58. The molecule has 1 aromatic carbocycles. The second-order valence-corrected chi connectivity index (χ2v) is 4.58. The highest BCUT2D eigenvalue weighted by Gasteiger charge is 2.26. The molecule has 0 aliphatic heterocycles. The molecular formula is C13H13FN4O. The third kappa shape index (κ3) is 2.05. The minimum atomic E-state index is -0.545. The fraction of sp³-hybridized carbons (Fsp3) is 0.231. The molecule has 5 nitrogen and oxygen atoms in total. The predicted octanol–water partition coefficient (Wildman–Crippen LogP) is 1.98. The van der Waals surface area contributed by atoms with Crippen molar-refractivity contribution in [3.8, 4) is 5.69 Å². The average molecular weight is 260 g/mol. The van der Waals surface area contributed by atoms with Gasteiger partial charge in [-0.05, 0) is 31.0 Å². The monoisotopic (exact) mass is 260 g/mol. The van der Waals surface area contributed by atoms with Gasteiger partial charge < -0.3 is 10.9 Å². The molecule has 0 spiro atoms. The van der Waals surface area contributed by atoms with Gasteiger partial charge in [0.1, 0.15) is 5.82 Å². The number of nitrogens with zero attached hydrogens (tertiary/aromatic N) is 3. The summed E-state index contributed by atoms with van der Waals surface area (Å²) in [6, 6.07) is 6.43. The normalized spacial score (nSPS) is 15.7. The fourth-order valence-electron chi connectivity index (χ4n) is 2.08. The molecule has 1 fully saturated rings. The Morgan fingerprint density at radius 2 is 2.21 bits per heavy atom. The molecule has 0 bridgehead atoms. The van der Waals surface area contributed by atoms with Gasteiger partial charge in [0, 0.05) is 12.1 Å². The summed E-state index contributed by atoms with van der Waals surface area (Å²) in [6.07, 6.45) is 4.05. The first-order chi connectivity index (χ1) is 9.20. The molecule has 0 atom stereocenters. The van der Waals surface area contributed by atoms with E-state index in [9.17, 15) is 4.39 Å². The van der Waals surface area contributed by atoms with Crippen molar-refractivity contribution >= 4 is 5.84 Å². The minimum Gasteiger partial charge on any atom is -0.409 e. The van der Waals surface area contributed by atoms with E-state index in [4.69, 9.17) is 10.9 Å². The van der Waals surface area contributed by atoms with E-state index in [1.54, 1.807) is 23.0 Å². The zero-order valence-electron chi connectivity index (χ0n) is 10.1. The number of nitrogens with two attached hydrogens (primary N) is 1. The standard InChI is InChI=1S/C13H13FN4O/c14-9-2-1-3-11(12(9)13(15)17-19)18-7-6-10(16-18)8-4-5-8/h1-3,6-8,19H,4-5H2,(H2,15,17). The SMILES string of the molecule is NC(=NO)c1c(F)cccc1-n1ccc(C2CC2)n1. The number of hydrogen-bond donors (Lipinski definition) is 2. The van der Waals surface area contributed by atoms with E-state index in [0.29, 0.717) is 11.6 Å². The van der Waals surface area contributed by atoms with Crippen molar-refractivity contribution in [2.45, 2.75) is 18.8 Å². The predicted molar refractivity (Wildman–Crippen MR) is 68.0 cm³/mol. The lowest BCUT2D eigenvalue weighted by atomic mass is 10.1. The Labute approximate surface area is 109 Å². The van der Waals surface area contributed by atoms with Gasteiger partial charge >= 0.3 is 0 Å². The van der Waals surface area contributed by atoms with Crippen LogP contribution in [0.5, 0.6) is 0 Å². The highest BCUT2D eigenvalue weighted by molar-refractivity contribution is 6.00. The van der Waals surface area contributed by atoms with Crippen LogP contribution in [0.3, 0.4) is 0 Å². The Morgan fingerprint density at radius 3 is 2.89 bits per heavy atom. The first-order valence-corrected chi connectivity index (χ1v) is 6.03. The molecule has 1 heterocycles. The lowest BCUT2D eigenvalue weighted by Crippen LogP contribution is -2.18. The van der Waals surface area contributed by atoms with E-state index in [1.165, 1.54) is 6.07 Å². The third-order valence-electron chi connectivity index (χ3n) is 3.21. The summed E-state index contributed by atoms with van der Waals surface area (Å²) < 4.78 is 15.4. The first-order valence-electron chi connectivity index (χ1n) is 6.03. The van der Waals surface area contributed by atoms with Crippen molar-refractivity contribution < 1.29 is 9.60 Å². The molecule has 1 aliphatic rings. The Balaban J connectivity index is 2.10. The molecule has 1 aliphatic carbocycles. The highest BCUT2D eigenvalue weighted by atomic mass is 19.1. The van der Waals surface area contributed by atoms with E-state index < -0.39 is 5.82 Å². The van der Waals surface area contributed by atoms with Crippen LogP contribution in [0, 0.1) is 5.82 Å². The van der Waals surface area contributed by atoms with Crippen molar-refractivity contribution in [3.05, 3.63) is 47.5 Å². The first kappa shape index (κ1) is 11.7. The van der Waals surface area contributed by atoms with Gasteiger partial charge in [-0.25, -0.2) is 9.07 Å². The van der Waals surface area contributed by atoms with E-state index >= 15 is 0 Å². The zero-order chi connectivity index (χ0) is 13.4. The molecule has 0 saturated heterocycles. The average Bonchev–Trinajstić information content (AvgIpc) is 3.15. The summed E-state index contributed by atoms with van der Waals surface area (Å²) in [6.45, 7) is 0. The smallest absolute Gasteiger partial charge is 0.175 e. The number of oxime groups is 1. The van der Waals surface area contributed by atoms with Crippen LogP contribution in [0.25, 0.3) is 5.69 Å². The van der Waals surface area contributed by atoms with Crippen LogP contribution < -0.4 is 5.73 Å². The summed E-state index contributed by atoms with van der Waals surface area (Å²) in [5.74, 6) is -0.296. The van der Waals surface area contributed by atoms with Gasteiger partial charge in [0.15, 0.2) is 5.84 Å². The number of amidine groups is 1. The molecule has 1 saturated carbocycles. The number of halogens is 1. The van der Waals surface area contributed by atoms with Crippen LogP contribution in [0.1, 0.15) is 30.0 Å². The number of hydrogen-bond acceptors (Lipinski definition) is 3. The van der Waals surface area contributed by atoms with Crippen LogP contribution in [0.2, 0.25) is 0 Å². The second kappa shape index (κ2) is 4.38. The summed E-state index contributed by atoms with van der Waals surface area (Å²) in [7, 11) is 0. The lowest BCUT2D eigenvalue weighted by Gasteiger charge is -2.09. The molecule has 6 heteroatoms. The Morgan fingerprint density at radius 1 is 1.42 bits per heavy atom. The maximum Gasteiger partial charge on any atom is 0.175 e. The summed E-state index contributed by atoms with van der Waals surface area (Å²) in [5.41, 5.74) is 7.04. The van der Waals surface area contributed by atoms with Crippen LogP contribution in [0.15, 0.2) is 35.6 Å². The van der Waals surface area contributed by atoms with Gasteiger partial charge in [0.25, 0.3) is 0 Å². The van der Waals surface area contributed by atoms with Crippen LogP contribution in [-0.2, 0) is 0 Å². The molecule has 1 aromatic heterocycles. The number of benzene rings is 1. The molecule has 3 N–H and O–H groups in total.